The Kier molecular flexibility index (Phi) is 1.90. The Hall–Kier alpha value is -0.630. The van der Waals surface area contributed by atoms with E-state index in [-0.39, 0.29) is 5.75 Å². The van der Waals surface area contributed by atoms with Gasteiger partial charge in [0.15, 0.2) is 0 Å². The molecule has 1 aromatic rings. The molecule has 0 atom stereocenters. The zero-order valence-electron chi connectivity index (χ0n) is 6.05. The minimum Gasteiger partial charge on any atom is -0.507 e. The summed E-state index contributed by atoms with van der Waals surface area (Å²) in [5.41, 5.74) is 2.20. The summed E-state index contributed by atoms with van der Waals surface area (Å²) < 4.78 is 0. The van der Waals surface area contributed by atoms with Crippen LogP contribution in [0.1, 0.15) is 11.1 Å². The van der Waals surface area contributed by atoms with E-state index < -0.39 is 0 Å². The second-order valence-corrected chi connectivity index (χ2v) is 2.82. The molecule has 1 nitrogen and oxygen atoms in total. The number of hydrogen-bond acceptors (Lipinski definition) is 2. The first-order chi connectivity index (χ1) is 4.63. The van der Waals surface area contributed by atoms with E-state index >= 15 is 0 Å². The normalized spacial score (nSPS) is 9.90. The van der Waals surface area contributed by atoms with Crippen molar-refractivity contribution in [2.75, 3.05) is 0 Å². The van der Waals surface area contributed by atoms with Gasteiger partial charge in [-0.2, -0.15) is 0 Å². The molecule has 0 heterocycles. The summed E-state index contributed by atoms with van der Waals surface area (Å²) in [5, 5.41) is 9.15. The van der Waals surface area contributed by atoms with Gasteiger partial charge >= 0.3 is 0 Å². The van der Waals surface area contributed by atoms with Crippen LogP contribution in [0.25, 0.3) is 0 Å². The van der Waals surface area contributed by atoms with Crippen molar-refractivity contribution in [3.63, 3.8) is 0 Å². The molecule has 0 aliphatic heterocycles. The van der Waals surface area contributed by atoms with Gasteiger partial charge in [0.05, 0.1) is 0 Å². The van der Waals surface area contributed by atoms with Crippen LogP contribution in [0.4, 0.5) is 0 Å². The molecule has 0 bridgehead atoms. The van der Waals surface area contributed by atoms with Crippen molar-refractivity contribution in [1.82, 2.24) is 0 Å². The third kappa shape index (κ3) is 1.12. The topological polar surface area (TPSA) is 20.2 Å². The SMILES string of the molecule is Cc1ccc(O)c(S)c1C. The molecule has 10 heavy (non-hydrogen) atoms. The van der Waals surface area contributed by atoms with E-state index in [0.717, 1.165) is 11.1 Å². The smallest absolute Gasteiger partial charge is 0.129 e. The molecule has 1 aromatic carbocycles. The van der Waals surface area contributed by atoms with Crippen LogP contribution < -0.4 is 0 Å². The van der Waals surface area contributed by atoms with E-state index in [1.54, 1.807) is 6.07 Å². The van der Waals surface area contributed by atoms with Gasteiger partial charge in [0.1, 0.15) is 5.75 Å². The molecule has 0 spiro atoms. The standard InChI is InChI=1S/C8H10OS/c1-5-3-4-7(9)8(10)6(5)2/h3-4,9-10H,1-2H3. The summed E-state index contributed by atoms with van der Waals surface area (Å²) in [7, 11) is 0. The molecule has 0 amide bonds. The molecule has 54 valence electrons. The minimum atomic E-state index is 0.256. The van der Waals surface area contributed by atoms with Crippen LogP contribution in [0.2, 0.25) is 0 Å². The number of phenols is 1. The summed E-state index contributed by atoms with van der Waals surface area (Å²) in [6.45, 7) is 3.94. The third-order valence-electron chi connectivity index (χ3n) is 1.68. The first kappa shape index (κ1) is 7.48. The number of rotatable bonds is 0. The van der Waals surface area contributed by atoms with Crippen molar-refractivity contribution >= 4 is 12.6 Å². The Balaban J connectivity index is 3.34. The molecule has 0 fully saturated rings. The fourth-order valence-corrected chi connectivity index (χ4v) is 1.04. The van der Waals surface area contributed by atoms with E-state index in [0.29, 0.717) is 4.90 Å². The molecule has 1 rings (SSSR count). The summed E-state index contributed by atoms with van der Waals surface area (Å²) in [6.07, 6.45) is 0. The van der Waals surface area contributed by atoms with Crippen LogP contribution >= 0.6 is 12.6 Å². The lowest BCUT2D eigenvalue weighted by molar-refractivity contribution is 0.461. The molecule has 0 aromatic heterocycles. The number of thiol groups is 1. The largest absolute Gasteiger partial charge is 0.507 e. The molecule has 0 unspecified atom stereocenters. The number of aromatic hydroxyl groups is 1. The summed E-state index contributed by atoms with van der Waals surface area (Å²) in [6, 6.07) is 3.54. The molecule has 2 heteroatoms. The van der Waals surface area contributed by atoms with Crippen LogP contribution in [-0.2, 0) is 0 Å². The summed E-state index contributed by atoms with van der Waals surface area (Å²) in [4.78, 5) is 0.681. The average molecular weight is 154 g/mol. The molecule has 0 aliphatic rings. The van der Waals surface area contributed by atoms with E-state index in [9.17, 15) is 0 Å². The summed E-state index contributed by atoms with van der Waals surface area (Å²) in [5.74, 6) is 0.256. The van der Waals surface area contributed by atoms with Gasteiger partial charge in [-0.15, -0.1) is 12.6 Å². The first-order valence-electron chi connectivity index (χ1n) is 3.11. The Morgan fingerprint density at radius 3 is 2.40 bits per heavy atom. The van der Waals surface area contributed by atoms with Crippen molar-refractivity contribution in [2.45, 2.75) is 18.7 Å². The zero-order valence-corrected chi connectivity index (χ0v) is 6.94. The fraction of sp³-hybridized carbons (Fsp3) is 0.250. The van der Waals surface area contributed by atoms with Crippen LogP contribution in [0.5, 0.6) is 5.75 Å². The molecule has 0 aliphatic carbocycles. The zero-order chi connectivity index (χ0) is 7.72. The first-order valence-corrected chi connectivity index (χ1v) is 3.56. The van der Waals surface area contributed by atoms with Gasteiger partial charge < -0.3 is 5.11 Å². The van der Waals surface area contributed by atoms with E-state index in [4.69, 9.17) is 5.11 Å². The highest BCUT2D eigenvalue weighted by atomic mass is 32.1. The maximum Gasteiger partial charge on any atom is 0.129 e. The number of phenolic OH excluding ortho intramolecular Hbond substituents is 1. The highest BCUT2D eigenvalue weighted by Crippen LogP contribution is 2.26. The van der Waals surface area contributed by atoms with Crippen molar-refractivity contribution in [1.29, 1.82) is 0 Å². The molecule has 0 radical (unpaired) electrons. The predicted molar refractivity (Wildman–Crippen MR) is 44.8 cm³/mol. The monoisotopic (exact) mass is 154 g/mol. The Morgan fingerprint density at radius 1 is 1.30 bits per heavy atom. The number of aryl methyl sites for hydroxylation is 1. The van der Waals surface area contributed by atoms with Crippen molar-refractivity contribution < 1.29 is 5.11 Å². The third-order valence-corrected chi connectivity index (χ3v) is 2.25. The van der Waals surface area contributed by atoms with Gasteiger partial charge in [0.2, 0.25) is 0 Å². The number of benzene rings is 1. The lowest BCUT2D eigenvalue weighted by atomic mass is 10.1. The van der Waals surface area contributed by atoms with Gasteiger partial charge in [0, 0.05) is 4.90 Å². The lowest BCUT2D eigenvalue weighted by Crippen LogP contribution is -1.82. The molecular weight excluding hydrogens is 144 g/mol. The fourth-order valence-electron chi connectivity index (χ4n) is 0.787. The Labute approximate surface area is 66.1 Å². The maximum atomic E-state index is 9.15. The highest BCUT2D eigenvalue weighted by molar-refractivity contribution is 7.80. The molecule has 1 N–H and O–H groups in total. The van der Waals surface area contributed by atoms with Gasteiger partial charge in [-0.05, 0) is 31.0 Å². The van der Waals surface area contributed by atoms with E-state index in [2.05, 4.69) is 12.6 Å². The van der Waals surface area contributed by atoms with Crippen LogP contribution in [0.3, 0.4) is 0 Å². The van der Waals surface area contributed by atoms with Crippen LogP contribution in [0.15, 0.2) is 17.0 Å². The van der Waals surface area contributed by atoms with Gasteiger partial charge in [-0.3, -0.25) is 0 Å². The van der Waals surface area contributed by atoms with E-state index in [1.807, 2.05) is 19.9 Å². The Morgan fingerprint density at radius 2 is 1.90 bits per heavy atom. The predicted octanol–water partition coefficient (Wildman–Crippen LogP) is 2.30. The Bertz CT molecular complexity index is 229. The highest BCUT2D eigenvalue weighted by Gasteiger charge is 2.00. The minimum absolute atomic E-state index is 0.256. The summed E-state index contributed by atoms with van der Waals surface area (Å²) >= 11 is 4.13. The van der Waals surface area contributed by atoms with Gasteiger partial charge in [0.25, 0.3) is 0 Å². The van der Waals surface area contributed by atoms with Crippen molar-refractivity contribution in [2.24, 2.45) is 0 Å². The van der Waals surface area contributed by atoms with Crippen LogP contribution in [-0.4, -0.2) is 5.11 Å². The van der Waals surface area contributed by atoms with Crippen molar-refractivity contribution in [3.8, 4) is 5.75 Å². The molecule has 0 saturated carbocycles. The van der Waals surface area contributed by atoms with E-state index in [1.165, 1.54) is 0 Å². The number of hydrogen-bond donors (Lipinski definition) is 2. The van der Waals surface area contributed by atoms with Crippen LogP contribution in [0, 0.1) is 13.8 Å². The second-order valence-electron chi connectivity index (χ2n) is 2.38. The average Bonchev–Trinajstić information content (AvgIpc) is 1.93. The molecular formula is C8H10OS. The van der Waals surface area contributed by atoms with Gasteiger partial charge in [-0.25, -0.2) is 0 Å². The van der Waals surface area contributed by atoms with Gasteiger partial charge in [-0.1, -0.05) is 6.07 Å². The second kappa shape index (κ2) is 2.54. The van der Waals surface area contributed by atoms with Crippen molar-refractivity contribution in [3.05, 3.63) is 23.3 Å². The quantitative estimate of drug-likeness (QED) is 0.549. The maximum absolute atomic E-state index is 9.15. The lowest BCUT2D eigenvalue weighted by Gasteiger charge is -2.03. The molecule has 0 saturated heterocycles.